The third-order valence-electron chi connectivity index (χ3n) is 4.44. The molecular formula is C20H20N2O2. The Kier molecular flexibility index (Phi) is 3.73. The van der Waals surface area contributed by atoms with E-state index in [0.717, 1.165) is 46.9 Å². The zero-order valence-electron chi connectivity index (χ0n) is 14.0. The van der Waals surface area contributed by atoms with Gasteiger partial charge in [-0.3, -0.25) is 0 Å². The minimum absolute atomic E-state index is 0.278. The van der Waals surface area contributed by atoms with E-state index in [1.807, 2.05) is 18.2 Å². The summed E-state index contributed by atoms with van der Waals surface area (Å²) >= 11 is 0. The Bertz CT molecular complexity index is 874. The van der Waals surface area contributed by atoms with Crippen molar-refractivity contribution in [1.82, 2.24) is 4.98 Å². The highest BCUT2D eigenvalue weighted by molar-refractivity contribution is 5.91. The van der Waals surface area contributed by atoms with Crippen LogP contribution in [0.2, 0.25) is 0 Å². The maximum Gasteiger partial charge on any atom is 0.231 e. The standard InChI is InChI=1S/C20H20N2O2/c1-3-22(4-2)20-16(14-8-6-5-7-9-14)10-15-11-18-19(24-13-23-18)12-17(15)21-20/h5-12H,3-4,13H2,1-2H3. The lowest BCUT2D eigenvalue weighted by Crippen LogP contribution is -2.23. The highest BCUT2D eigenvalue weighted by Crippen LogP contribution is 2.39. The fraction of sp³-hybridized carbons (Fsp3) is 0.250. The van der Waals surface area contributed by atoms with E-state index in [1.165, 1.54) is 5.56 Å². The molecule has 1 aliphatic heterocycles. The molecule has 4 rings (SSSR count). The number of fused-ring (bicyclic) bond motifs is 2. The first-order valence-corrected chi connectivity index (χ1v) is 8.35. The molecule has 4 nitrogen and oxygen atoms in total. The average molecular weight is 320 g/mol. The molecule has 0 radical (unpaired) electrons. The summed E-state index contributed by atoms with van der Waals surface area (Å²) < 4.78 is 11.0. The van der Waals surface area contributed by atoms with E-state index in [-0.39, 0.29) is 6.79 Å². The molecule has 0 atom stereocenters. The van der Waals surface area contributed by atoms with E-state index in [2.05, 4.69) is 49.1 Å². The van der Waals surface area contributed by atoms with Crippen molar-refractivity contribution in [1.29, 1.82) is 0 Å². The van der Waals surface area contributed by atoms with Crippen LogP contribution in [0.15, 0.2) is 48.5 Å². The van der Waals surface area contributed by atoms with Crippen LogP contribution < -0.4 is 14.4 Å². The molecule has 0 spiro atoms. The van der Waals surface area contributed by atoms with Gasteiger partial charge in [0, 0.05) is 30.1 Å². The van der Waals surface area contributed by atoms with Gasteiger partial charge in [-0.15, -0.1) is 0 Å². The Labute approximate surface area is 141 Å². The maximum atomic E-state index is 5.51. The van der Waals surface area contributed by atoms with Crippen LogP contribution in [-0.2, 0) is 0 Å². The lowest BCUT2D eigenvalue weighted by molar-refractivity contribution is 0.174. The molecule has 0 unspecified atom stereocenters. The monoisotopic (exact) mass is 320 g/mol. The molecule has 0 fully saturated rings. The number of benzene rings is 2. The fourth-order valence-corrected chi connectivity index (χ4v) is 3.15. The number of nitrogens with zero attached hydrogens (tertiary/aromatic N) is 2. The second-order valence-electron chi connectivity index (χ2n) is 5.80. The summed E-state index contributed by atoms with van der Waals surface area (Å²) in [7, 11) is 0. The maximum absolute atomic E-state index is 5.51. The van der Waals surface area contributed by atoms with Gasteiger partial charge < -0.3 is 14.4 Å². The Morgan fingerprint density at radius 3 is 2.38 bits per heavy atom. The van der Waals surface area contributed by atoms with Crippen molar-refractivity contribution in [2.24, 2.45) is 0 Å². The zero-order chi connectivity index (χ0) is 16.5. The molecule has 0 saturated carbocycles. The predicted octanol–water partition coefficient (Wildman–Crippen LogP) is 4.48. The third kappa shape index (κ3) is 2.44. The molecule has 3 aromatic rings. The largest absolute Gasteiger partial charge is 0.454 e. The molecule has 24 heavy (non-hydrogen) atoms. The number of rotatable bonds is 4. The smallest absolute Gasteiger partial charge is 0.231 e. The van der Waals surface area contributed by atoms with Gasteiger partial charge in [-0.1, -0.05) is 30.3 Å². The minimum atomic E-state index is 0.278. The van der Waals surface area contributed by atoms with Crippen LogP contribution >= 0.6 is 0 Å². The SMILES string of the molecule is CCN(CC)c1nc2cc3c(cc2cc1-c1ccccc1)OCO3. The quantitative estimate of drug-likeness (QED) is 0.710. The summed E-state index contributed by atoms with van der Waals surface area (Å²) in [5, 5.41) is 1.06. The Balaban J connectivity index is 1.97. The molecule has 2 aromatic carbocycles. The summed E-state index contributed by atoms with van der Waals surface area (Å²) in [5.41, 5.74) is 3.25. The van der Waals surface area contributed by atoms with Gasteiger partial charge in [0.1, 0.15) is 5.82 Å². The molecule has 0 amide bonds. The van der Waals surface area contributed by atoms with Crippen LogP contribution in [0.3, 0.4) is 0 Å². The van der Waals surface area contributed by atoms with Crippen LogP contribution in [0.5, 0.6) is 11.5 Å². The highest BCUT2D eigenvalue weighted by Gasteiger charge is 2.18. The summed E-state index contributed by atoms with van der Waals surface area (Å²) in [4.78, 5) is 7.25. The number of hydrogen-bond donors (Lipinski definition) is 0. The molecule has 1 aliphatic rings. The first kappa shape index (κ1) is 14.8. The van der Waals surface area contributed by atoms with Crippen molar-refractivity contribution in [3.8, 4) is 22.6 Å². The topological polar surface area (TPSA) is 34.6 Å². The zero-order valence-corrected chi connectivity index (χ0v) is 14.0. The first-order chi connectivity index (χ1) is 11.8. The third-order valence-corrected chi connectivity index (χ3v) is 4.44. The van der Waals surface area contributed by atoms with E-state index in [0.29, 0.717) is 0 Å². The second-order valence-corrected chi connectivity index (χ2v) is 5.80. The number of pyridine rings is 1. The molecule has 4 heteroatoms. The van der Waals surface area contributed by atoms with Crippen LogP contribution in [0, 0.1) is 0 Å². The average Bonchev–Trinajstić information content (AvgIpc) is 3.08. The van der Waals surface area contributed by atoms with Crippen molar-refractivity contribution >= 4 is 16.7 Å². The van der Waals surface area contributed by atoms with Gasteiger partial charge in [0.2, 0.25) is 6.79 Å². The van der Waals surface area contributed by atoms with E-state index >= 15 is 0 Å². The lowest BCUT2D eigenvalue weighted by atomic mass is 10.0. The van der Waals surface area contributed by atoms with Gasteiger partial charge in [-0.25, -0.2) is 4.98 Å². The number of aromatic nitrogens is 1. The number of hydrogen-bond acceptors (Lipinski definition) is 4. The number of ether oxygens (including phenoxy) is 2. The molecular weight excluding hydrogens is 300 g/mol. The number of anilines is 1. The van der Waals surface area contributed by atoms with Gasteiger partial charge in [0.25, 0.3) is 0 Å². The van der Waals surface area contributed by atoms with Crippen molar-refractivity contribution in [2.45, 2.75) is 13.8 Å². The summed E-state index contributed by atoms with van der Waals surface area (Å²) in [6.07, 6.45) is 0. The Morgan fingerprint density at radius 2 is 1.67 bits per heavy atom. The minimum Gasteiger partial charge on any atom is -0.454 e. The second kappa shape index (κ2) is 6.04. The molecule has 0 N–H and O–H groups in total. The highest BCUT2D eigenvalue weighted by atomic mass is 16.7. The van der Waals surface area contributed by atoms with Crippen LogP contribution in [0.4, 0.5) is 5.82 Å². The Morgan fingerprint density at radius 1 is 0.958 bits per heavy atom. The molecule has 2 heterocycles. The Hall–Kier alpha value is -2.75. The van der Waals surface area contributed by atoms with Crippen LogP contribution in [-0.4, -0.2) is 24.9 Å². The molecule has 0 bridgehead atoms. The predicted molar refractivity (Wildman–Crippen MR) is 96.9 cm³/mol. The molecule has 1 aromatic heterocycles. The van der Waals surface area contributed by atoms with Crippen molar-refractivity contribution in [3.05, 3.63) is 48.5 Å². The van der Waals surface area contributed by atoms with Gasteiger partial charge in [-0.05, 0) is 31.5 Å². The first-order valence-electron chi connectivity index (χ1n) is 8.35. The van der Waals surface area contributed by atoms with Gasteiger partial charge in [-0.2, -0.15) is 0 Å². The van der Waals surface area contributed by atoms with Crippen LogP contribution in [0.25, 0.3) is 22.0 Å². The summed E-state index contributed by atoms with van der Waals surface area (Å²) in [5.74, 6) is 2.57. The molecule has 0 aliphatic carbocycles. The fourth-order valence-electron chi connectivity index (χ4n) is 3.15. The van der Waals surface area contributed by atoms with Gasteiger partial charge >= 0.3 is 0 Å². The normalized spacial score (nSPS) is 12.6. The molecule has 122 valence electrons. The van der Waals surface area contributed by atoms with Gasteiger partial charge in [0.15, 0.2) is 11.5 Å². The van der Waals surface area contributed by atoms with Crippen LogP contribution in [0.1, 0.15) is 13.8 Å². The van der Waals surface area contributed by atoms with E-state index in [1.54, 1.807) is 0 Å². The van der Waals surface area contributed by atoms with Crippen molar-refractivity contribution < 1.29 is 9.47 Å². The lowest BCUT2D eigenvalue weighted by Gasteiger charge is -2.23. The van der Waals surface area contributed by atoms with E-state index < -0.39 is 0 Å². The summed E-state index contributed by atoms with van der Waals surface area (Å²) in [6, 6.07) is 16.6. The summed E-state index contributed by atoms with van der Waals surface area (Å²) in [6.45, 7) is 6.42. The van der Waals surface area contributed by atoms with E-state index in [9.17, 15) is 0 Å². The van der Waals surface area contributed by atoms with Crippen molar-refractivity contribution in [2.75, 3.05) is 24.8 Å². The molecule has 0 saturated heterocycles. The van der Waals surface area contributed by atoms with Crippen molar-refractivity contribution in [3.63, 3.8) is 0 Å². The van der Waals surface area contributed by atoms with E-state index in [4.69, 9.17) is 14.5 Å². The van der Waals surface area contributed by atoms with Gasteiger partial charge in [0.05, 0.1) is 5.52 Å².